The third kappa shape index (κ3) is 3.70. The predicted octanol–water partition coefficient (Wildman–Crippen LogP) is 4.40. The van der Waals surface area contributed by atoms with Crippen LogP contribution in [0.2, 0.25) is 0 Å². The summed E-state index contributed by atoms with van der Waals surface area (Å²) in [5.41, 5.74) is 1.42. The third-order valence-corrected chi connectivity index (χ3v) is 3.77. The van der Waals surface area contributed by atoms with Crippen molar-refractivity contribution in [3.05, 3.63) is 21.9 Å². The molecule has 0 saturated heterocycles. The lowest BCUT2D eigenvalue weighted by atomic mass is 10.1. The van der Waals surface area contributed by atoms with Crippen LogP contribution in [0.4, 0.5) is 0 Å². The quantitative estimate of drug-likeness (QED) is 0.641. The maximum Gasteiger partial charge on any atom is 0.0339 e. The van der Waals surface area contributed by atoms with E-state index in [1.54, 1.807) is 0 Å². The zero-order chi connectivity index (χ0) is 9.68. The molecule has 74 valence electrons. The van der Waals surface area contributed by atoms with Gasteiger partial charge < -0.3 is 0 Å². The average molecular weight is 217 g/mol. The molecule has 1 aromatic heterocycles. The first-order valence-corrected chi connectivity index (χ1v) is 6.22. The van der Waals surface area contributed by atoms with Gasteiger partial charge in [0.15, 0.2) is 0 Å². The molecule has 0 bridgehead atoms. The van der Waals surface area contributed by atoms with Crippen LogP contribution in [0.3, 0.4) is 0 Å². The molecule has 0 aliphatic rings. The van der Waals surface area contributed by atoms with Gasteiger partial charge in [-0.05, 0) is 43.2 Å². The lowest BCUT2D eigenvalue weighted by Crippen LogP contribution is -1.99. The molecule has 2 heteroatoms. The topological polar surface area (TPSA) is 0 Å². The summed E-state index contributed by atoms with van der Waals surface area (Å²) in [5.74, 6) is 0. The highest BCUT2D eigenvalue weighted by atomic mass is 35.5. The number of aryl methyl sites for hydroxylation is 2. The average Bonchev–Trinajstić information content (AvgIpc) is 2.48. The summed E-state index contributed by atoms with van der Waals surface area (Å²) in [6.07, 6.45) is 4.61. The van der Waals surface area contributed by atoms with Crippen LogP contribution in [0.1, 0.15) is 36.6 Å². The molecule has 1 rings (SSSR count). The smallest absolute Gasteiger partial charge is 0.0339 e. The van der Waals surface area contributed by atoms with Gasteiger partial charge >= 0.3 is 0 Å². The second kappa shape index (κ2) is 5.66. The molecule has 0 aliphatic heterocycles. The Morgan fingerprint density at radius 1 is 1.46 bits per heavy atom. The lowest BCUT2D eigenvalue weighted by Gasteiger charge is -2.06. The van der Waals surface area contributed by atoms with Gasteiger partial charge in [-0.1, -0.05) is 13.3 Å². The largest absolute Gasteiger partial charge is 0.149 e. The first-order valence-electron chi connectivity index (χ1n) is 4.91. The van der Waals surface area contributed by atoms with Crippen LogP contribution in [0.5, 0.6) is 0 Å². The molecule has 0 nitrogen and oxygen atoms in total. The van der Waals surface area contributed by atoms with E-state index in [0.717, 1.165) is 19.3 Å². The van der Waals surface area contributed by atoms with E-state index < -0.39 is 0 Å². The van der Waals surface area contributed by atoms with Crippen molar-refractivity contribution in [1.82, 2.24) is 0 Å². The van der Waals surface area contributed by atoms with Crippen LogP contribution >= 0.6 is 22.9 Å². The van der Waals surface area contributed by atoms with Crippen molar-refractivity contribution in [3.63, 3.8) is 0 Å². The van der Waals surface area contributed by atoms with Gasteiger partial charge in [0.2, 0.25) is 0 Å². The summed E-state index contributed by atoms with van der Waals surface area (Å²) in [7, 11) is 0. The van der Waals surface area contributed by atoms with Gasteiger partial charge in [-0.2, -0.15) is 0 Å². The Balaban J connectivity index is 2.30. The maximum atomic E-state index is 6.15. The Morgan fingerprint density at radius 3 is 2.77 bits per heavy atom. The fourth-order valence-corrected chi connectivity index (χ4v) is 2.66. The number of hydrogen-bond acceptors (Lipinski definition) is 1. The van der Waals surface area contributed by atoms with Crippen molar-refractivity contribution in [2.24, 2.45) is 0 Å². The van der Waals surface area contributed by atoms with Gasteiger partial charge in [-0.25, -0.2) is 0 Å². The van der Waals surface area contributed by atoms with Gasteiger partial charge in [-0.3, -0.25) is 0 Å². The highest BCUT2D eigenvalue weighted by molar-refractivity contribution is 7.10. The van der Waals surface area contributed by atoms with Gasteiger partial charge in [0.05, 0.1) is 0 Å². The number of alkyl halides is 1. The molecule has 13 heavy (non-hydrogen) atoms. The summed E-state index contributed by atoms with van der Waals surface area (Å²) in [6.45, 7) is 4.36. The number of halogens is 1. The van der Waals surface area contributed by atoms with Gasteiger partial charge in [0.1, 0.15) is 0 Å². The minimum Gasteiger partial charge on any atom is -0.149 e. The lowest BCUT2D eigenvalue weighted by molar-refractivity contribution is 0.678. The normalized spacial score (nSPS) is 13.2. The van der Waals surface area contributed by atoms with Crippen molar-refractivity contribution in [3.8, 4) is 0 Å². The van der Waals surface area contributed by atoms with Gasteiger partial charge in [0, 0.05) is 10.3 Å². The summed E-state index contributed by atoms with van der Waals surface area (Å²) in [6, 6.07) is 2.18. The molecule has 0 amide bonds. The molecular weight excluding hydrogens is 200 g/mol. The van der Waals surface area contributed by atoms with Crippen molar-refractivity contribution in [2.75, 3.05) is 0 Å². The van der Waals surface area contributed by atoms with Crippen LogP contribution < -0.4 is 0 Å². The second-order valence-electron chi connectivity index (χ2n) is 3.45. The fourth-order valence-electron chi connectivity index (χ4n) is 1.41. The van der Waals surface area contributed by atoms with E-state index in [9.17, 15) is 0 Å². The van der Waals surface area contributed by atoms with Crippen LogP contribution in [0.15, 0.2) is 11.4 Å². The van der Waals surface area contributed by atoms with Crippen LogP contribution in [0, 0.1) is 6.92 Å². The second-order valence-corrected chi connectivity index (χ2v) is 5.07. The zero-order valence-electron chi connectivity index (χ0n) is 8.35. The third-order valence-electron chi connectivity index (χ3n) is 2.25. The molecule has 0 fully saturated rings. The molecule has 1 heterocycles. The summed E-state index contributed by atoms with van der Waals surface area (Å²) in [5, 5.41) is 2.53. The van der Waals surface area contributed by atoms with Crippen molar-refractivity contribution in [2.45, 2.75) is 44.9 Å². The number of hydrogen-bond donors (Lipinski definition) is 0. The molecule has 1 unspecified atom stereocenters. The summed E-state index contributed by atoms with van der Waals surface area (Å²) in [4.78, 5) is 1.50. The minimum absolute atomic E-state index is 0.367. The highest BCUT2D eigenvalue weighted by Gasteiger charge is 2.05. The Morgan fingerprint density at radius 2 is 2.23 bits per heavy atom. The van der Waals surface area contributed by atoms with E-state index in [0.29, 0.717) is 5.38 Å². The van der Waals surface area contributed by atoms with Crippen LogP contribution in [-0.2, 0) is 6.42 Å². The Bertz CT molecular complexity index is 242. The molecule has 0 spiro atoms. The Kier molecular flexibility index (Phi) is 4.82. The SMILES string of the molecule is CCCC(Cl)CCc1sccc1C. The van der Waals surface area contributed by atoms with E-state index >= 15 is 0 Å². The van der Waals surface area contributed by atoms with Crippen LogP contribution in [-0.4, -0.2) is 5.38 Å². The molecule has 1 aromatic rings. The van der Waals surface area contributed by atoms with E-state index in [1.165, 1.54) is 16.9 Å². The van der Waals surface area contributed by atoms with E-state index in [2.05, 4.69) is 25.3 Å². The molecule has 0 aromatic carbocycles. The summed E-state index contributed by atoms with van der Waals surface area (Å²) >= 11 is 8.01. The first kappa shape index (κ1) is 11.1. The first-order chi connectivity index (χ1) is 6.24. The predicted molar refractivity (Wildman–Crippen MR) is 61.9 cm³/mol. The highest BCUT2D eigenvalue weighted by Crippen LogP contribution is 2.20. The number of thiophene rings is 1. The van der Waals surface area contributed by atoms with E-state index in [4.69, 9.17) is 11.6 Å². The molecule has 0 saturated carbocycles. The Hall–Kier alpha value is -0.0100. The van der Waals surface area contributed by atoms with Gasteiger partial charge in [-0.15, -0.1) is 22.9 Å². The molecule has 0 N–H and O–H groups in total. The standard InChI is InChI=1S/C11H17ClS/c1-3-4-10(12)5-6-11-9(2)7-8-13-11/h7-8,10H,3-6H2,1-2H3. The van der Waals surface area contributed by atoms with Crippen molar-refractivity contribution >= 4 is 22.9 Å². The minimum atomic E-state index is 0.367. The molecule has 0 aliphatic carbocycles. The molecule has 0 radical (unpaired) electrons. The maximum absolute atomic E-state index is 6.15. The fraction of sp³-hybridized carbons (Fsp3) is 0.636. The van der Waals surface area contributed by atoms with Crippen LogP contribution in [0.25, 0.3) is 0 Å². The molecular formula is C11H17ClS. The van der Waals surface area contributed by atoms with E-state index in [-0.39, 0.29) is 0 Å². The van der Waals surface area contributed by atoms with E-state index in [1.807, 2.05) is 11.3 Å². The van der Waals surface area contributed by atoms with Crippen molar-refractivity contribution in [1.29, 1.82) is 0 Å². The van der Waals surface area contributed by atoms with Gasteiger partial charge in [0.25, 0.3) is 0 Å². The Labute approximate surface area is 89.9 Å². The number of rotatable bonds is 5. The van der Waals surface area contributed by atoms with Crippen molar-refractivity contribution < 1.29 is 0 Å². The summed E-state index contributed by atoms with van der Waals surface area (Å²) < 4.78 is 0. The monoisotopic (exact) mass is 216 g/mol. The molecule has 1 atom stereocenters. The zero-order valence-corrected chi connectivity index (χ0v) is 9.92.